The van der Waals surface area contributed by atoms with E-state index in [0.717, 1.165) is 12.3 Å². The maximum absolute atomic E-state index is 12.7. The van der Waals surface area contributed by atoms with Crippen LogP contribution in [0.5, 0.6) is 0 Å². The number of hydrogen-bond acceptors (Lipinski definition) is 4. The molecule has 24 heavy (non-hydrogen) atoms. The van der Waals surface area contributed by atoms with Gasteiger partial charge in [-0.15, -0.1) is 0 Å². The standard InChI is InChI=1S/C16H13ClF3N3O/c1-24-23-9-11(8-21-13-5-3-2-4-6-13)15-14(17)7-12(10-22-15)16(18,19)20/h2-10,23H,1H3/b11-9-,21-8?. The van der Waals surface area contributed by atoms with Crippen LogP contribution in [-0.2, 0) is 11.0 Å². The Balaban J connectivity index is 2.37. The lowest BCUT2D eigenvalue weighted by Crippen LogP contribution is -2.08. The van der Waals surface area contributed by atoms with E-state index in [1.807, 2.05) is 18.2 Å². The van der Waals surface area contributed by atoms with Crippen molar-refractivity contribution in [1.82, 2.24) is 10.5 Å². The Morgan fingerprint density at radius 1 is 1.29 bits per heavy atom. The number of hydrogen-bond donors (Lipinski definition) is 1. The van der Waals surface area contributed by atoms with E-state index in [9.17, 15) is 13.2 Å². The van der Waals surface area contributed by atoms with E-state index in [1.165, 1.54) is 19.5 Å². The van der Waals surface area contributed by atoms with Crippen molar-refractivity contribution in [3.8, 4) is 0 Å². The summed E-state index contributed by atoms with van der Waals surface area (Å²) < 4.78 is 38.1. The largest absolute Gasteiger partial charge is 0.417 e. The molecule has 0 aliphatic carbocycles. The van der Waals surface area contributed by atoms with Crippen LogP contribution in [0, 0.1) is 0 Å². The van der Waals surface area contributed by atoms with E-state index in [0.29, 0.717) is 11.3 Å². The average Bonchev–Trinajstić information content (AvgIpc) is 2.55. The predicted octanol–water partition coefficient (Wildman–Crippen LogP) is 4.65. The molecule has 0 aliphatic heterocycles. The zero-order chi connectivity index (χ0) is 17.6. The minimum atomic E-state index is -4.51. The van der Waals surface area contributed by atoms with Crippen molar-refractivity contribution >= 4 is 29.1 Å². The van der Waals surface area contributed by atoms with Crippen LogP contribution in [-0.4, -0.2) is 18.3 Å². The zero-order valence-corrected chi connectivity index (χ0v) is 13.3. The second kappa shape index (κ2) is 7.94. The average molecular weight is 356 g/mol. The van der Waals surface area contributed by atoms with Crippen LogP contribution < -0.4 is 5.48 Å². The van der Waals surface area contributed by atoms with Crippen molar-refractivity contribution in [1.29, 1.82) is 0 Å². The van der Waals surface area contributed by atoms with E-state index in [-0.39, 0.29) is 10.7 Å². The van der Waals surface area contributed by atoms with E-state index in [2.05, 4.69) is 15.5 Å². The van der Waals surface area contributed by atoms with Crippen LogP contribution in [0.3, 0.4) is 0 Å². The summed E-state index contributed by atoms with van der Waals surface area (Å²) in [6.45, 7) is 0. The Hall–Kier alpha value is -2.38. The number of nitrogens with zero attached hydrogens (tertiary/aromatic N) is 2. The minimum Gasteiger partial charge on any atom is -0.280 e. The normalized spacial score (nSPS) is 12.6. The van der Waals surface area contributed by atoms with Gasteiger partial charge in [-0.05, 0) is 18.2 Å². The van der Waals surface area contributed by atoms with Crippen LogP contribution in [0.1, 0.15) is 11.3 Å². The van der Waals surface area contributed by atoms with Crippen LogP contribution in [0.25, 0.3) is 5.57 Å². The molecule has 2 rings (SSSR count). The minimum absolute atomic E-state index is 0.145. The molecule has 0 saturated heterocycles. The Morgan fingerprint density at radius 2 is 2.00 bits per heavy atom. The van der Waals surface area contributed by atoms with Crippen LogP contribution in [0.4, 0.5) is 18.9 Å². The molecule has 0 saturated carbocycles. The van der Waals surface area contributed by atoms with E-state index in [1.54, 1.807) is 12.1 Å². The number of halogens is 4. The van der Waals surface area contributed by atoms with E-state index < -0.39 is 11.7 Å². The highest BCUT2D eigenvalue weighted by atomic mass is 35.5. The molecule has 0 bridgehead atoms. The highest BCUT2D eigenvalue weighted by Gasteiger charge is 2.31. The first-order valence-electron chi connectivity index (χ1n) is 6.72. The second-order valence-electron chi connectivity index (χ2n) is 4.57. The lowest BCUT2D eigenvalue weighted by Gasteiger charge is -2.10. The second-order valence-corrected chi connectivity index (χ2v) is 4.97. The molecule has 0 unspecified atom stereocenters. The van der Waals surface area contributed by atoms with Crippen molar-refractivity contribution in [2.45, 2.75) is 6.18 Å². The third-order valence-corrected chi connectivity index (χ3v) is 3.17. The molecule has 0 radical (unpaired) electrons. The van der Waals surface area contributed by atoms with Crippen molar-refractivity contribution < 1.29 is 18.0 Å². The van der Waals surface area contributed by atoms with Gasteiger partial charge in [0.25, 0.3) is 0 Å². The topological polar surface area (TPSA) is 46.5 Å². The van der Waals surface area contributed by atoms with Crippen molar-refractivity contribution in [3.63, 3.8) is 0 Å². The number of aliphatic imine (C=N–C) groups is 1. The third kappa shape index (κ3) is 4.81. The predicted molar refractivity (Wildman–Crippen MR) is 87.0 cm³/mol. The molecule has 1 heterocycles. The van der Waals surface area contributed by atoms with Gasteiger partial charge in [0.05, 0.1) is 29.1 Å². The van der Waals surface area contributed by atoms with Crippen molar-refractivity contribution in [2.75, 3.05) is 7.11 Å². The third-order valence-electron chi connectivity index (χ3n) is 2.88. The Morgan fingerprint density at radius 3 is 2.58 bits per heavy atom. The molecule has 1 aromatic carbocycles. The van der Waals surface area contributed by atoms with Gasteiger partial charge in [0, 0.05) is 24.2 Å². The molecule has 4 nitrogen and oxygen atoms in total. The Kier molecular flexibility index (Phi) is 5.94. The lowest BCUT2D eigenvalue weighted by molar-refractivity contribution is -0.137. The van der Waals surface area contributed by atoms with E-state index in [4.69, 9.17) is 16.4 Å². The molecule has 126 valence electrons. The molecule has 1 N–H and O–H groups in total. The van der Waals surface area contributed by atoms with Crippen LogP contribution >= 0.6 is 11.6 Å². The smallest absolute Gasteiger partial charge is 0.280 e. The highest BCUT2D eigenvalue weighted by Crippen LogP contribution is 2.32. The molecule has 0 fully saturated rings. The van der Waals surface area contributed by atoms with Gasteiger partial charge in [-0.25, -0.2) is 0 Å². The van der Waals surface area contributed by atoms with Gasteiger partial charge >= 0.3 is 6.18 Å². The lowest BCUT2D eigenvalue weighted by atomic mass is 10.1. The SMILES string of the molecule is CON/C=C(/C=Nc1ccccc1)c1ncc(C(F)(F)F)cc1Cl. The molecule has 0 aliphatic rings. The van der Waals surface area contributed by atoms with Crippen LogP contribution in [0.15, 0.2) is 53.8 Å². The molecule has 1 aromatic heterocycles. The number of allylic oxidation sites excluding steroid dienone is 1. The number of para-hydroxylation sites is 1. The molecular weight excluding hydrogens is 343 g/mol. The van der Waals surface area contributed by atoms with E-state index >= 15 is 0 Å². The maximum atomic E-state index is 12.7. The van der Waals surface area contributed by atoms with Crippen molar-refractivity contribution in [3.05, 3.63) is 65.1 Å². The maximum Gasteiger partial charge on any atom is 0.417 e. The number of hydroxylamine groups is 1. The number of nitrogens with one attached hydrogen (secondary N) is 1. The first-order chi connectivity index (χ1) is 11.4. The number of pyridine rings is 1. The summed E-state index contributed by atoms with van der Waals surface area (Å²) in [7, 11) is 1.39. The summed E-state index contributed by atoms with van der Waals surface area (Å²) in [5.41, 5.74) is 2.74. The summed E-state index contributed by atoms with van der Waals surface area (Å²) in [6.07, 6.45) is -0.961. The number of aromatic nitrogens is 1. The Bertz CT molecular complexity index is 746. The fourth-order valence-electron chi connectivity index (χ4n) is 1.75. The van der Waals surface area contributed by atoms with Gasteiger partial charge in [-0.1, -0.05) is 29.8 Å². The molecule has 0 atom stereocenters. The van der Waals surface area contributed by atoms with Crippen LogP contribution in [0.2, 0.25) is 5.02 Å². The summed E-state index contributed by atoms with van der Waals surface area (Å²) in [5.74, 6) is 0. The number of benzene rings is 1. The van der Waals surface area contributed by atoms with Gasteiger partial charge in [-0.3, -0.25) is 20.3 Å². The molecule has 2 aromatic rings. The molecule has 0 spiro atoms. The quantitative estimate of drug-likeness (QED) is 0.627. The first-order valence-corrected chi connectivity index (χ1v) is 7.10. The zero-order valence-electron chi connectivity index (χ0n) is 12.5. The number of rotatable bonds is 5. The summed E-state index contributed by atoms with van der Waals surface area (Å²) in [4.78, 5) is 12.8. The van der Waals surface area contributed by atoms with Gasteiger partial charge in [0.15, 0.2) is 0 Å². The highest BCUT2D eigenvalue weighted by molar-refractivity contribution is 6.33. The number of alkyl halides is 3. The van der Waals surface area contributed by atoms with Gasteiger partial charge < -0.3 is 0 Å². The van der Waals surface area contributed by atoms with Gasteiger partial charge in [0.1, 0.15) is 0 Å². The van der Waals surface area contributed by atoms with Gasteiger partial charge in [0.2, 0.25) is 0 Å². The fourth-order valence-corrected chi connectivity index (χ4v) is 2.03. The molecule has 8 heteroatoms. The Labute approximate surface area is 141 Å². The summed E-state index contributed by atoms with van der Waals surface area (Å²) in [5, 5.41) is -0.145. The van der Waals surface area contributed by atoms with Crippen molar-refractivity contribution in [2.24, 2.45) is 4.99 Å². The summed E-state index contributed by atoms with van der Waals surface area (Å²) >= 11 is 5.96. The molecular formula is C16H13ClF3N3O. The van der Waals surface area contributed by atoms with Gasteiger partial charge in [-0.2, -0.15) is 13.2 Å². The first kappa shape index (κ1) is 18.0. The summed E-state index contributed by atoms with van der Waals surface area (Å²) in [6, 6.07) is 9.84. The monoisotopic (exact) mass is 355 g/mol. The fraction of sp³-hybridized carbons (Fsp3) is 0.125. The molecule has 0 amide bonds.